The van der Waals surface area contributed by atoms with Crippen LogP contribution in [-0.2, 0) is 4.79 Å². The Kier molecular flexibility index (Phi) is 7.02. The highest BCUT2D eigenvalue weighted by atomic mass is 35.5. The monoisotopic (exact) mass is 274 g/mol. The number of amides is 1. The highest BCUT2D eigenvalue weighted by Gasteiger charge is 2.25. The third kappa shape index (κ3) is 4.43. The molecule has 1 saturated heterocycles. The van der Waals surface area contributed by atoms with Crippen LogP contribution in [0.25, 0.3) is 0 Å². The van der Waals surface area contributed by atoms with Crippen LogP contribution in [0.1, 0.15) is 51.9 Å². The van der Waals surface area contributed by atoms with Crippen molar-refractivity contribution in [2.24, 2.45) is 11.8 Å². The maximum absolute atomic E-state index is 12.1. The Morgan fingerprint density at radius 3 is 2.33 bits per heavy atom. The van der Waals surface area contributed by atoms with E-state index in [9.17, 15) is 4.79 Å². The number of carbonyl (C=O) groups excluding carboxylic acids is 1. The van der Waals surface area contributed by atoms with Gasteiger partial charge in [0.05, 0.1) is 0 Å². The van der Waals surface area contributed by atoms with E-state index in [0.29, 0.717) is 11.9 Å². The van der Waals surface area contributed by atoms with E-state index in [4.69, 9.17) is 0 Å². The van der Waals surface area contributed by atoms with Crippen LogP contribution in [0.5, 0.6) is 0 Å². The summed E-state index contributed by atoms with van der Waals surface area (Å²) in [7, 11) is 0. The molecular weight excluding hydrogens is 248 g/mol. The van der Waals surface area contributed by atoms with Gasteiger partial charge in [0.1, 0.15) is 0 Å². The van der Waals surface area contributed by atoms with Gasteiger partial charge in [-0.25, -0.2) is 0 Å². The summed E-state index contributed by atoms with van der Waals surface area (Å²) < 4.78 is 0. The van der Waals surface area contributed by atoms with Crippen molar-refractivity contribution in [2.45, 2.75) is 57.9 Å². The number of halogens is 1. The van der Waals surface area contributed by atoms with Gasteiger partial charge in [0, 0.05) is 12.0 Å². The number of hydrogen-bond donors (Lipinski definition) is 2. The molecular formula is C14H27ClN2O. The Morgan fingerprint density at radius 1 is 1.11 bits per heavy atom. The van der Waals surface area contributed by atoms with Gasteiger partial charge in [0.2, 0.25) is 5.91 Å². The second-order valence-corrected chi connectivity index (χ2v) is 5.72. The van der Waals surface area contributed by atoms with Crippen molar-refractivity contribution in [2.75, 3.05) is 13.1 Å². The van der Waals surface area contributed by atoms with E-state index in [1.807, 2.05) is 0 Å². The molecule has 1 aliphatic heterocycles. The molecule has 0 radical (unpaired) electrons. The lowest BCUT2D eigenvalue weighted by Gasteiger charge is -2.30. The largest absolute Gasteiger partial charge is 0.353 e. The summed E-state index contributed by atoms with van der Waals surface area (Å²) in [5.74, 6) is 1.27. The lowest BCUT2D eigenvalue weighted by atomic mass is 9.84. The van der Waals surface area contributed by atoms with E-state index in [-0.39, 0.29) is 18.3 Å². The zero-order valence-electron chi connectivity index (χ0n) is 11.4. The highest BCUT2D eigenvalue weighted by Crippen LogP contribution is 2.26. The number of rotatable bonds is 3. The van der Waals surface area contributed by atoms with Crippen molar-refractivity contribution < 1.29 is 4.79 Å². The average Bonchev–Trinajstić information content (AvgIpc) is 2.40. The molecule has 1 aliphatic carbocycles. The maximum Gasteiger partial charge on any atom is 0.223 e. The predicted octanol–water partition coefficient (Wildman–Crippen LogP) is 2.49. The Balaban J connectivity index is 0.00000162. The molecule has 0 aromatic rings. The van der Waals surface area contributed by atoms with E-state index >= 15 is 0 Å². The minimum atomic E-state index is 0. The van der Waals surface area contributed by atoms with Gasteiger partial charge in [-0.3, -0.25) is 4.79 Å². The van der Waals surface area contributed by atoms with Crippen molar-refractivity contribution in [1.29, 1.82) is 0 Å². The van der Waals surface area contributed by atoms with Crippen LogP contribution < -0.4 is 10.6 Å². The highest BCUT2D eigenvalue weighted by molar-refractivity contribution is 5.85. The normalized spacial score (nSPS) is 24.1. The Labute approximate surface area is 117 Å². The van der Waals surface area contributed by atoms with Crippen LogP contribution in [0.2, 0.25) is 0 Å². The summed E-state index contributed by atoms with van der Waals surface area (Å²) in [6.45, 7) is 4.18. The molecule has 1 atom stereocenters. The van der Waals surface area contributed by atoms with Crippen LogP contribution in [0.15, 0.2) is 0 Å². The van der Waals surface area contributed by atoms with Gasteiger partial charge in [0.25, 0.3) is 0 Å². The summed E-state index contributed by atoms with van der Waals surface area (Å²) >= 11 is 0. The summed E-state index contributed by atoms with van der Waals surface area (Å²) in [6, 6.07) is 0.373. The molecule has 1 heterocycles. The van der Waals surface area contributed by atoms with E-state index < -0.39 is 0 Å². The number of carbonyl (C=O) groups is 1. The van der Waals surface area contributed by atoms with E-state index in [0.717, 1.165) is 31.8 Å². The standard InChI is InChI=1S/C14H26N2O.ClH/c1-11(12-5-3-2-4-6-12)16-14(17)13-7-9-15-10-8-13;/h11-13,15H,2-10H2,1H3,(H,16,17);1H. The van der Waals surface area contributed by atoms with E-state index in [1.54, 1.807) is 0 Å². The van der Waals surface area contributed by atoms with Gasteiger partial charge in [-0.15, -0.1) is 12.4 Å². The van der Waals surface area contributed by atoms with Crippen LogP contribution in [0.3, 0.4) is 0 Å². The fourth-order valence-electron chi connectivity index (χ4n) is 3.18. The quantitative estimate of drug-likeness (QED) is 0.830. The topological polar surface area (TPSA) is 41.1 Å². The van der Waals surface area contributed by atoms with Crippen LogP contribution in [0.4, 0.5) is 0 Å². The van der Waals surface area contributed by atoms with Crippen molar-refractivity contribution in [3.05, 3.63) is 0 Å². The summed E-state index contributed by atoms with van der Waals surface area (Å²) in [5.41, 5.74) is 0. The van der Waals surface area contributed by atoms with Gasteiger partial charge in [-0.05, 0) is 51.6 Å². The first-order chi connectivity index (χ1) is 8.27. The SMILES string of the molecule is CC(NC(=O)C1CCNCC1)C1CCCCC1.Cl. The zero-order chi connectivity index (χ0) is 12.1. The van der Waals surface area contributed by atoms with Gasteiger partial charge in [0.15, 0.2) is 0 Å². The third-order valence-corrected chi connectivity index (χ3v) is 4.44. The summed E-state index contributed by atoms with van der Waals surface area (Å²) in [5, 5.41) is 6.56. The van der Waals surface area contributed by atoms with Crippen LogP contribution >= 0.6 is 12.4 Å². The Morgan fingerprint density at radius 2 is 1.72 bits per heavy atom. The smallest absolute Gasteiger partial charge is 0.223 e. The molecule has 106 valence electrons. The van der Waals surface area contributed by atoms with Crippen LogP contribution in [-0.4, -0.2) is 25.0 Å². The summed E-state index contributed by atoms with van der Waals surface area (Å²) in [4.78, 5) is 12.1. The molecule has 1 saturated carbocycles. The molecule has 0 bridgehead atoms. The average molecular weight is 275 g/mol. The van der Waals surface area contributed by atoms with Gasteiger partial charge < -0.3 is 10.6 Å². The maximum atomic E-state index is 12.1. The molecule has 1 amide bonds. The van der Waals surface area contributed by atoms with Crippen molar-refractivity contribution >= 4 is 18.3 Å². The molecule has 3 nitrogen and oxygen atoms in total. The van der Waals surface area contributed by atoms with E-state index in [2.05, 4.69) is 17.6 Å². The first-order valence-corrected chi connectivity index (χ1v) is 7.28. The van der Waals surface area contributed by atoms with Gasteiger partial charge in [-0.2, -0.15) is 0 Å². The number of nitrogens with one attached hydrogen (secondary N) is 2. The van der Waals surface area contributed by atoms with Crippen molar-refractivity contribution in [3.63, 3.8) is 0 Å². The molecule has 0 spiro atoms. The minimum Gasteiger partial charge on any atom is -0.353 e. The predicted molar refractivity (Wildman–Crippen MR) is 77.0 cm³/mol. The fourth-order valence-corrected chi connectivity index (χ4v) is 3.18. The molecule has 2 aliphatic rings. The second kappa shape index (κ2) is 8.00. The summed E-state index contributed by atoms with van der Waals surface area (Å²) in [6.07, 6.45) is 8.68. The van der Waals surface area contributed by atoms with Gasteiger partial charge in [-0.1, -0.05) is 19.3 Å². The molecule has 2 N–H and O–H groups in total. The molecule has 4 heteroatoms. The molecule has 2 rings (SSSR count). The van der Waals surface area contributed by atoms with Crippen molar-refractivity contribution in [3.8, 4) is 0 Å². The zero-order valence-corrected chi connectivity index (χ0v) is 12.2. The Hall–Kier alpha value is -0.280. The lowest BCUT2D eigenvalue weighted by Crippen LogP contribution is -2.44. The third-order valence-electron chi connectivity index (χ3n) is 4.44. The molecule has 2 fully saturated rings. The number of hydrogen-bond acceptors (Lipinski definition) is 2. The molecule has 0 aromatic heterocycles. The molecule has 1 unspecified atom stereocenters. The molecule has 0 aromatic carbocycles. The van der Waals surface area contributed by atoms with Crippen LogP contribution in [0, 0.1) is 11.8 Å². The first kappa shape index (κ1) is 15.8. The lowest BCUT2D eigenvalue weighted by molar-refractivity contribution is -0.126. The second-order valence-electron chi connectivity index (χ2n) is 5.72. The van der Waals surface area contributed by atoms with E-state index in [1.165, 1.54) is 32.1 Å². The fraction of sp³-hybridized carbons (Fsp3) is 0.929. The minimum absolute atomic E-state index is 0. The Bertz CT molecular complexity index is 248. The number of piperidine rings is 1. The molecule has 18 heavy (non-hydrogen) atoms. The van der Waals surface area contributed by atoms with Crippen molar-refractivity contribution in [1.82, 2.24) is 10.6 Å². The van der Waals surface area contributed by atoms with Gasteiger partial charge >= 0.3 is 0 Å². The first-order valence-electron chi connectivity index (χ1n) is 7.28.